The first kappa shape index (κ1) is 17.1. The van der Waals surface area contributed by atoms with Gasteiger partial charge in [0.2, 0.25) is 0 Å². The molecule has 0 aliphatic carbocycles. The standard InChI is InChI=1S/C19H22N2O4/c1-12-8-9-17(24-12)19(3,23)11-20-18(22)21-13(2)16-10-14-6-4-5-7-15(14)25-16/h4-10,13,23H,11H2,1-3H3,(H2,20,21,22). The first-order valence-electron chi connectivity index (χ1n) is 8.17. The summed E-state index contributed by atoms with van der Waals surface area (Å²) in [6.07, 6.45) is 0. The number of carbonyl (C=O) groups excluding carboxylic acids is 1. The summed E-state index contributed by atoms with van der Waals surface area (Å²) in [4.78, 5) is 12.1. The van der Waals surface area contributed by atoms with E-state index in [9.17, 15) is 9.90 Å². The van der Waals surface area contributed by atoms with E-state index in [0.29, 0.717) is 17.3 Å². The first-order chi connectivity index (χ1) is 11.8. The fraction of sp³-hybridized carbons (Fsp3) is 0.316. The molecular formula is C19H22N2O4. The minimum atomic E-state index is -1.28. The molecule has 2 unspecified atom stereocenters. The van der Waals surface area contributed by atoms with Crippen molar-refractivity contribution in [3.05, 3.63) is 59.7 Å². The maximum absolute atomic E-state index is 12.1. The molecule has 0 spiro atoms. The van der Waals surface area contributed by atoms with Crippen LogP contribution in [0.4, 0.5) is 4.79 Å². The Kier molecular flexibility index (Phi) is 4.55. The Hall–Kier alpha value is -2.73. The zero-order valence-electron chi connectivity index (χ0n) is 14.5. The van der Waals surface area contributed by atoms with Crippen molar-refractivity contribution in [1.82, 2.24) is 10.6 Å². The number of amides is 2. The summed E-state index contributed by atoms with van der Waals surface area (Å²) in [6.45, 7) is 5.26. The molecule has 0 aliphatic heterocycles. The zero-order valence-corrected chi connectivity index (χ0v) is 14.5. The van der Waals surface area contributed by atoms with Crippen LogP contribution in [0.25, 0.3) is 11.0 Å². The van der Waals surface area contributed by atoms with Gasteiger partial charge in [-0.25, -0.2) is 4.79 Å². The number of benzene rings is 1. The van der Waals surface area contributed by atoms with Gasteiger partial charge in [-0.15, -0.1) is 0 Å². The van der Waals surface area contributed by atoms with Crippen molar-refractivity contribution in [2.24, 2.45) is 0 Å². The molecule has 0 bridgehead atoms. The Morgan fingerprint density at radius 2 is 2.00 bits per heavy atom. The smallest absolute Gasteiger partial charge is 0.315 e. The van der Waals surface area contributed by atoms with E-state index in [4.69, 9.17) is 8.83 Å². The molecule has 2 atom stereocenters. The van der Waals surface area contributed by atoms with Crippen molar-refractivity contribution >= 4 is 17.0 Å². The number of nitrogens with one attached hydrogen (secondary N) is 2. The third kappa shape index (κ3) is 3.85. The Balaban J connectivity index is 1.58. The van der Waals surface area contributed by atoms with Crippen LogP contribution in [-0.4, -0.2) is 17.7 Å². The highest BCUT2D eigenvalue weighted by Crippen LogP contribution is 2.24. The van der Waals surface area contributed by atoms with Gasteiger partial charge < -0.3 is 24.6 Å². The molecule has 2 aromatic heterocycles. The van der Waals surface area contributed by atoms with Crippen molar-refractivity contribution in [2.45, 2.75) is 32.4 Å². The molecule has 6 nitrogen and oxygen atoms in total. The van der Waals surface area contributed by atoms with Crippen LogP contribution >= 0.6 is 0 Å². The second-order valence-corrected chi connectivity index (χ2v) is 6.42. The third-order valence-electron chi connectivity index (χ3n) is 4.08. The molecule has 3 N–H and O–H groups in total. The highest BCUT2D eigenvalue weighted by atomic mass is 16.4. The van der Waals surface area contributed by atoms with Crippen LogP contribution in [0, 0.1) is 6.92 Å². The summed E-state index contributed by atoms with van der Waals surface area (Å²) in [5.41, 5.74) is -0.503. The Morgan fingerprint density at radius 3 is 2.68 bits per heavy atom. The van der Waals surface area contributed by atoms with Crippen LogP contribution < -0.4 is 10.6 Å². The topological polar surface area (TPSA) is 87.6 Å². The van der Waals surface area contributed by atoms with Gasteiger partial charge in [-0.2, -0.15) is 0 Å². The lowest BCUT2D eigenvalue weighted by Gasteiger charge is -2.22. The largest absolute Gasteiger partial charge is 0.463 e. The van der Waals surface area contributed by atoms with Gasteiger partial charge in [0.15, 0.2) is 0 Å². The second kappa shape index (κ2) is 6.64. The average molecular weight is 342 g/mol. The maximum atomic E-state index is 12.1. The van der Waals surface area contributed by atoms with E-state index in [-0.39, 0.29) is 12.6 Å². The van der Waals surface area contributed by atoms with Gasteiger partial charge in [-0.1, -0.05) is 18.2 Å². The Labute approximate surface area is 145 Å². The van der Waals surface area contributed by atoms with Crippen LogP contribution in [0.5, 0.6) is 0 Å². The number of hydrogen-bond acceptors (Lipinski definition) is 4. The first-order valence-corrected chi connectivity index (χ1v) is 8.17. The van der Waals surface area contributed by atoms with Gasteiger partial charge in [-0.3, -0.25) is 0 Å². The van der Waals surface area contributed by atoms with Gasteiger partial charge in [0.1, 0.15) is 28.5 Å². The van der Waals surface area contributed by atoms with Crippen LogP contribution in [0.3, 0.4) is 0 Å². The lowest BCUT2D eigenvalue weighted by Crippen LogP contribution is -2.44. The van der Waals surface area contributed by atoms with Crippen molar-refractivity contribution in [3.8, 4) is 0 Å². The van der Waals surface area contributed by atoms with E-state index in [0.717, 1.165) is 11.0 Å². The van der Waals surface area contributed by atoms with E-state index in [1.54, 1.807) is 26.0 Å². The fourth-order valence-electron chi connectivity index (χ4n) is 2.60. The van der Waals surface area contributed by atoms with Crippen LogP contribution in [0.2, 0.25) is 0 Å². The van der Waals surface area contributed by atoms with E-state index >= 15 is 0 Å². The van der Waals surface area contributed by atoms with E-state index in [1.807, 2.05) is 37.3 Å². The molecule has 0 saturated heterocycles. The second-order valence-electron chi connectivity index (χ2n) is 6.42. The molecule has 3 aromatic rings. The highest BCUT2D eigenvalue weighted by Gasteiger charge is 2.27. The summed E-state index contributed by atoms with van der Waals surface area (Å²) >= 11 is 0. The minimum Gasteiger partial charge on any atom is -0.463 e. The number of furan rings is 2. The molecule has 0 radical (unpaired) electrons. The zero-order chi connectivity index (χ0) is 18.0. The van der Waals surface area contributed by atoms with Gasteiger partial charge >= 0.3 is 6.03 Å². The Bertz CT molecular complexity index is 845. The summed E-state index contributed by atoms with van der Waals surface area (Å²) in [7, 11) is 0. The number of urea groups is 1. The molecule has 132 valence electrons. The third-order valence-corrected chi connectivity index (χ3v) is 4.08. The molecule has 0 fully saturated rings. The molecule has 0 aliphatic rings. The van der Waals surface area contributed by atoms with Crippen LogP contribution in [-0.2, 0) is 5.60 Å². The summed E-state index contributed by atoms with van der Waals surface area (Å²) in [6, 6.07) is 12.4. The maximum Gasteiger partial charge on any atom is 0.315 e. The lowest BCUT2D eigenvalue weighted by molar-refractivity contribution is 0.0359. The number of aryl methyl sites for hydroxylation is 1. The number of hydrogen-bond donors (Lipinski definition) is 3. The van der Waals surface area contributed by atoms with Gasteiger partial charge in [0, 0.05) is 5.39 Å². The van der Waals surface area contributed by atoms with Crippen molar-refractivity contribution in [1.29, 1.82) is 0 Å². The SMILES string of the molecule is Cc1ccc(C(C)(O)CNC(=O)NC(C)c2cc3ccccc3o2)o1. The average Bonchev–Trinajstić information content (AvgIpc) is 3.19. The fourth-order valence-corrected chi connectivity index (χ4v) is 2.60. The van der Waals surface area contributed by atoms with Crippen LogP contribution in [0.1, 0.15) is 37.2 Å². The molecule has 25 heavy (non-hydrogen) atoms. The monoisotopic (exact) mass is 342 g/mol. The molecule has 6 heteroatoms. The number of para-hydroxylation sites is 1. The van der Waals surface area contributed by atoms with E-state index < -0.39 is 11.6 Å². The number of aliphatic hydroxyl groups is 1. The minimum absolute atomic E-state index is 0.0264. The predicted octanol–water partition coefficient (Wildman–Crippen LogP) is 3.60. The number of fused-ring (bicyclic) bond motifs is 1. The van der Waals surface area contributed by atoms with E-state index in [1.165, 1.54) is 0 Å². The van der Waals surface area contributed by atoms with Crippen molar-refractivity contribution < 1.29 is 18.7 Å². The normalized spacial score (nSPS) is 14.9. The van der Waals surface area contributed by atoms with Gasteiger partial charge in [-0.05, 0) is 45.0 Å². The van der Waals surface area contributed by atoms with Crippen molar-refractivity contribution in [2.75, 3.05) is 6.54 Å². The Morgan fingerprint density at radius 1 is 1.24 bits per heavy atom. The molecule has 2 heterocycles. The number of rotatable bonds is 5. The quantitative estimate of drug-likeness (QED) is 0.661. The molecule has 0 saturated carbocycles. The number of carbonyl (C=O) groups is 1. The molecule has 1 aromatic carbocycles. The highest BCUT2D eigenvalue weighted by molar-refractivity contribution is 5.78. The molecule has 3 rings (SSSR count). The lowest BCUT2D eigenvalue weighted by atomic mass is 10.0. The summed E-state index contributed by atoms with van der Waals surface area (Å²) < 4.78 is 11.2. The molecule has 2 amide bonds. The summed E-state index contributed by atoms with van der Waals surface area (Å²) in [5.74, 6) is 1.79. The van der Waals surface area contributed by atoms with E-state index in [2.05, 4.69) is 10.6 Å². The molecular weight excluding hydrogens is 320 g/mol. The van der Waals surface area contributed by atoms with Gasteiger partial charge in [0.05, 0.1) is 12.6 Å². The van der Waals surface area contributed by atoms with Crippen molar-refractivity contribution in [3.63, 3.8) is 0 Å². The predicted molar refractivity (Wildman–Crippen MR) is 94.2 cm³/mol. The van der Waals surface area contributed by atoms with Crippen LogP contribution in [0.15, 0.2) is 51.3 Å². The van der Waals surface area contributed by atoms with Gasteiger partial charge in [0.25, 0.3) is 0 Å². The summed E-state index contributed by atoms with van der Waals surface area (Å²) in [5, 5.41) is 16.9.